The lowest BCUT2D eigenvalue weighted by atomic mass is 10.3. The average molecular weight is 396 g/mol. The standard InChI is InChI=1S/C12H13BrF3N5O2/c1-7-9(13)10(19-20(7)2)11(22)18-8-3-17-21(4-8)6-23-5-12(14,15)16/h3-4H,5-6H2,1-2H3,(H,18,22). The van der Waals surface area contributed by atoms with Crippen molar-refractivity contribution in [3.8, 4) is 0 Å². The van der Waals surface area contributed by atoms with Crippen LogP contribution in [-0.4, -0.2) is 38.3 Å². The number of carbonyl (C=O) groups excluding carboxylic acids is 1. The van der Waals surface area contributed by atoms with E-state index in [0.717, 1.165) is 10.4 Å². The molecular weight excluding hydrogens is 383 g/mol. The molecule has 0 unspecified atom stereocenters. The number of rotatable bonds is 5. The van der Waals surface area contributed by atoms with Gasteiger partial charge in [0.15, 0.2) is 5.69 Å². The van der Waals surface area contributed by atoms with Crippen molar-refractivity contribution in [2.45, 2.75) is 19.8 Å². The van der Waals surface area contributed by atoms with Gasteiger partial charge in [-0.3, -0.25) is 9.48 Å². The van der Waals surface area contributed by atoms with Gasteiger partial charge in [0, 0.05) is 7.05 Å². The first-order chi connectivity index (χ1) is 10.7. The van der Waals surface area contributed by atoms with Crippen molar-refractivity contribution in [2.24, 2.45) is 7.05 Å². The fourth-order valence-corrected chi connectivity index (χ4v) is 2.19. The van der Waals surface area contributed by atoms with E-state index >= 15 is 0 Å². The van der Waals surface area contributed by atoms with Crippen molar-refractivity contribution in [3.05, 3.63) is 28.3 Å². The van der Waals surface area contributed by atoms with Crippen LogP contribution in [0.2, 0.25) is 0 Å². The Morgan fingerprint density at radius 1 is 1.48 bits per heavy atom. The number of aromatic nitrogens is 4. The van der Waals surface area contributed by atoms with Gasteiger partial charge < -0.3 is 10.1 Å². The van der Waals surface area contributed by atoms with E-state index in [9.17, 15) is 18.0 Å². The summed E-state index contributed by atoms with van der Waals surface area (Å²) in [5, 5.41) is 10.4. The van der Waals surface area contributed by atoms with Crippen molar-refractivity contribution in [1.29, 1.82) is 0 Å². The quantitative estimate of drug-likeness (QED) is 0.843. The van der Waals surface area contributed by atoms with Crippen LogP contribution in [0.1, 0.15) is 16.2 Å². The topological polar surface area (TPSA) is 74.0 Å². The third-order valence-electron chi connectivity index (χ3n) is 2.86. The van der Waals surface area contributed by atoms with Gasteiger partial charge in [-0.2, -0.15) is 23.4 Å². The fourth-order valence-electron chi connectivity index (χ4n) is 1.67. The van der Waals surface area contributed by atoms with Gasteiger partial charge in [-0.15, -0.1) is 0 Å². The van der Waals surface area contributed by atoms with Crippen LogP contribution in [0.4, 0.5) is 18.9 Å². The van der Waals surface area contributed by atoms with Gasteiger partial charge in [0.25, 0.3) is 5.91 Å². The first-order valence-corrected chi connectivity index (χ1v) is 7.14. The van der Waals surface area contributed by atoms with Gasteiger partial charge in [0.2, 0.25) is 0 Å². The minimum atomic E-state index is -4.40. The summed E-state index contributed by atoms with van der Waals surface area (Å²) in [6.07, 6.45) is -1.73. The number of aryl methyl sites for hydroxylation is 1. The third kappa shape index (κ3) is 4.55. The van der Waals surface area contributed by atoms with Crippen LogP contribution in [0, 0.1) is 6.92 Å². The smallest absolute Gasteiger partial charge is 0.350 e. The van der Waals surface area contributed by atoms with Crippen LogP contribution in [0.15, 0.2) is 16.9 Å². The summed E-state index contributed by atoms with van der Waals surface area (Å²) in [5.74, 6) is -0.462. The zero-order chi connectivity index (χ0) is 17.2. The minimum Gasteiger partial charge on any atom is -0.350 e. The van der Waals surface area contributed by atoms with Gasteiger partial charge in [-0.05, 0) is 22.9 Å². The van der Waals surface area contributed by atoms with Gasteiger partial charge in [0.05, 0.1) is 28.2 Å². The molecule has 0 aliphatic carbocycles. The molecule has 11 heteroatoms. The molecule has 0 bridgehead atoms. The molecule has 23 heavy (non-hydrogen) atoms. The van der Waals surface area contributed by atoms with Gasteiger partial charge in [-0.25, -0.2) is 4.68 Å². The average Bonchev–Trinajstić information content (AvgIpc) is 2.98. The SMILES string of the molecule is Cc1c(Br)c(C(=O)Nc2cnn(COCC(F)(F)F)c2)nn1C. The van der Waals surface area contributed by atoms with Crippen LogP contribution >= 0.6 is 15.9 Å². The van der Waals surface area contributed by atoms with Crippen molar-refractivity contribution in [2.75, 3.05) is 11.9 Å². The molecule has 0 fully saturated rings. The van der Waals surface area contributed by atoms with Crippen LogP contribution in [-0.2, 0) is 18.5 Å². The van der Waals surface area contributed by atoms with E-state index in [2.05, 4.69) is 36.2 Å². The summed E-state index contributed by atoms with van der Waals surface area (Å²) in [4.78, 5) is 12.1. The Morgan fingerprint density at radius 3 is 2.74 bits per heavy atom. The lowest BCUT2D eigenvalue weighted by molar-refractivity contribution is -0.182. The second kappa shape index (κ2) is 6.71. The Balaban J connectivity index is 1.96. The monoisotopic (exact) mass is 395 g/mol. The summed E-state index contributed by atoms with van der Waals surface area (Å²) in [6, 6.07) is 0. The van der Waals surface area contributed by atoms with E-state index < -0.39 is 18.7 Å². The molecule has 0 radical (unpaired) electrons. The minimum absolute atomic E-state index is 0.200. The van der Waals surface area contributed by atoms with Gasteiger partial charge in [-0.1, -0.05) is 0 Å². The molecule has 0 aliphatic heterocycles. The van der Waals surface area contributed by atoms with Crippen molar-refractivity contribution < 1.29 is 22.7 Å². The lowest BCUT2D eigenvalue weighted by Crippen LogP contribution is -2.18. The number of ether oxygens (including phenoxy) is 1. The van der Waals surface area contributed by atoms with E-state index in [0.29, 0.717) is 10.2 Å². The Morgan fingerprint density at radius 2 is 2.17 bits per heavy atom. The van der Waals surface area contributed by atoms with Crippen LogP contribution < -0.4 is 5.32 Å². The highest BCUT2D eigenvalue weighted by Gasteiger charge is 2.27. The fraction of sp³-hybridized carbons (Fsp3) is 0.417. The maximum Gasteiger partial charge on any atom is 0.411 e. The largest absolute Gasteiger partial charge is 0.411 e. The molecule has 2 rings (SSSR count). The van der Waals surface area contributed by atoms with Crippen LogP contribution in [0.5, 0.6) is 0 Å². The molecule has 0 saturated heterocycles. The molecule has 0 aromatic carbocycles. The Labute approximate surface area is 137 Å². The van der Waals surface area contributed by atoms with Crippen LogP contribution in [0.3, 0.4) is 0 Å². The van der Waals surface area contributed by atoms with Crippen molar-refractivity contribution >= 4 is 27.5 Å². The number of hydrogen-bond donors (Lipinski definition) is 1. The zero-order valence-corrected chi connectivity index (χ0v) is 13.8. The molecule has 1 amide bonds. The maximum atomic E-state index is 12.1. The predicted molar refractivity (Wildman–Crippen MR) is 77.8 cm³/mol. The van der Waals surface area contributed by atoms with Crippen LogP contribution in [0.25, 0.3) is 0 Å². The Kier molecular flexibility index (Phi) is 5.09. The van der Waals surface area contributed by atoms with E-state index in [4.69, 9.17) is 0 Å². The van der Waals surface area contributed by atoms with E-state index in [1.807, 2.05) is 0 Å². The lowest BCUT2D eigenvalue weighted by Gasteiger charge is -2.07. The highest BCUT2D eigenvalue weighted by atomic mass is 79.9. The number of amides is 1. The number of anilines is 1. The second-order valence-corrected chi connectivity index (χ2v) is 5.48. The van der Waals surface area contributed by atoms with E-state index in [1.54, 1.807) is 18.7 Å². The molecule has 2 aromatic heterocycles. The number of alkyl halides is 3. The van der Waals surface area contributed by atoms with Gasteiger partial charge in [0.1, 0.15) is 13.3 Å². The molecular formula is C12H13BrF3N5O2. The maximum absolute atomic E-state index is 12.1. The Bertz CT molecular complexity index is 710. The molecule has 2 heterocycles. The summed E-state index contributed by atoms with van der Waals surface area (Å²) in [6.45, 7) is 0.0559. The molecule has 0 aliphatic rings. The second-order valence-electron chi connectivity index (χ2n) is 4.69. The highest BCUT2D eigenvalue weighted by molar-refractivity contribution is 9.10. The summed E-state index contributed by atoms with van der Waals surface area (Å²) in [5.41, 5.74) is 1.30. The van der Waals surface area contributed by atoms with E-state index in [-0.39, 0.29) is 12.4 Å². The van der Waals surface area contributed by atoms with Crippen molar-refractivity contribution in [3.63, 3.8) is 0 Å². The number of nitrogens with zero attached hydrogens (tertiary/aromatic N) is 4. The highest BCUT2D eigenvalue weighted by Crippen LogP contribution is 2.21. The zero-order valence-electron chi connectivity index (χ0n) is 12.2. The molecule has 7 nitrogen and oxygen atoms in total. The number of halogens is 4. The normalized spacial score (nSPS) is 11.7. The third-order valence-corrected chi connectivity index (χ3v) is 3.81. The van der Waals surface area contributed by atoms with E-state index in [1.165, 1.54) is 12.4 Å². The Hall–Kier alpha value is -1.88. The van der Waals surface area contributed by atoms with Gasteiger partial charge >= 0.3 is 6.18 Å². The molecule has 126 valence electrons. The molecule has 0 spiro atoms. The molecule has 1 N–H and O–H groups in total. The summed E-state index contributed by atoms with van der Waals surface area (Å²) in [7, 11) is 1.70. The molecule has 0 atom stereocenters. The number of hydrogen-bond acceptors (Lipinski definition) is 4. The number of carbonyl (C=O) groups is 1. The first-order valence-electron chi connectivity index (χ1n) is 6.35. The summed E-state index contributed by atoms with van der Waals surface area (Å²) < 4.78 is 43.6. The summed E-state index contributed by atoms with van der Waals surface area (Å²) >= 11 is 3.28. The molecule has 0 saturated carbocycles. The number of nitrogens with one attached hydrogen (secondary N) is 1. The van der Waals surface area contributed by atoms with Crippen molar-refractivity contribution in [1.82, 2.24) is 19.6 Å². The predicted octanol–water partition coefficient (Wildman–Crippen LogP) is 2.48. The first kappa shape index (κ1) is 17.5. The molecule has 2 aromatic rings.